The van der Waals surface area contributed by atoms with Gasteiger partial charge in [-0.3, -0.25) is 9.88 Å². The Bertz CT molecular complexity index is 1010. The van der Waals surface area contributed by atoms with Crippen molar-refractivity contribution in [3.8, 4) is 0 Å². The fraction of sp³-hybridized carbons (Fsp3) is 0.520. The number of nitrogens with one attached hydrogen (secondary N) is 1. The Labute approximate surface area is 195 Å². The lowest BCUT2D eigenvalue weighted by molar-refractivity contribution is -0.174. The summed E-state index contributed by atoms with van der Waals surface area (Å²) in [5.74, 6) is -2.17. The molecule has 8 heteroatoms. The largest absolute Gasteiger partial charge is 0.348 e. The molecule has 1 N–H and O–H groups in total. The first-order chi connectivity index (χ1) is 15.7. The molecule has 0 aromatic heterocycles. The van der Waals surface area contributed by atoms with Crippen LogP contribution in [0.3, 0.4) is 0 Å². The Balaban J connectivity index is 1.53. The number of benzene rings is 2. The second-order valence-corrected chi connectivity index (χ2v) is 12.2. The van der Waals surface area contributed by atoms with Crippen LogP contribution in [0.25, 0.3) is 0 Å². The molecule has 7 nitrogen and oxygen atoms in total. The first-order valence-electron chi connectivity index (χ1n) is 11.5. The summed E-state index contributed by atoms with van der Waals surface area (Å²) in [5.41, 5.74) is 1.09. The zero-order valence-electron chi connectivity index (χ0n) is 19.5. The molecule has 178 valence electrons. The van der Waals surface area contributed by atoms with Gasteiger partial charge in [0.25, 0.3) is 7.37 Å². The van der Waals surface area contributed by atoms with Gasteiger partial charge in [0.05, 0.1) is 6.61 Å². The van der Waals surface area contributed by atoms with Crippen LogP contribution >= 0.6 is 7.37 Å². The molecule has 5 rings (SSSR count). The van der Waals surface area contributed by atoms with Crippen molar-refractivity contribution >= 4 is 12.7 Å². The van der Waals surface area contributed by atoms with Crippen LogP contribution in [-0.4, -0.2) is 48.4 Å². The van der Waals surface area contributed by atoms with Crippen molar-refractivity contribution in [1.82, 2.24) is 5.32 Å². The molecule has 3 fully saturated rings. The summed E-state index contributed by atoms with van der Waals surface area (Å²) < 4.78 is 45.9. The monoisotopic (exact) mass is 473 g/mol. The molecule has 2 aromatic carbocycles. The SMILES string of the molecule is CC1(C)OC[C@H](C2O[P@@](=O)(c3ccccc3)[C@H](NCc3ccccc3)[C@H]3OC(C)(C)O[C@@H]23)O1. The highest BCUT2D eigenvalue weighted by atomic mass is 31.2. The minimum atomic E-state index is -3.44. The molecular formula is C25H32NO6P. The number of rotatable bonds is 5. The Hall–Kier alpha value is -1.57. The van der Waals surface area contributed by atoms with Gasteiger partial charge in [0.2, 0.25) is 0 Å². The van der Waals surface area contributed by atoms with Crippen molar-refractivity contribution in [2.24, 2.45) is 0 Å². The van der Waals surface area contributed by atoms with Crippen LogP contribution in [0.4, 0.5) is 0 Å². The van der Waals surface area contributed by atoms with Crippen LogP contribution in [0, 0.1) is 0 Å². The highest BCUT2D eigenvalue weighted by molar-refractivity contribution is 7.67. The fourth-order valence-corrected chi connectivity index (χ4v) is 7.61. The molecule has 6 atom stereocenters. The molecule has 1 unspecified atom stereocenters. The Morgan fingerprint density at radius 3 is 2.12 bits per heavy atom. The van der Waals surface area contributed by atoms with E-state index in [-0.39, 0.29) is 0 Å². The van der Waals surface area contributed by atoms with Gasteiger partial charge in [-0.05, 0) is 45.4 Å². The van der Waals surface area contributed by atoms with Gasteiger partial charge in [-0.25, -0.2) is 0 Å². The van der Waals surface area contributed by atoms with Crippen LogP contribution in [0.15, 0.2) is 60.7 Å². The van der Waals surface area contributed by atoms with Crippen molar-refractivity contribution in [3.63, 3.8) is 0 Å². The third-order valence-electron chi connectivity index (χ3n) is 6.31. The van der Waals surface area contributed by atoms with E-state index in [1.165, 1.54) is 0 Å². The zero-order valence-corrected chi connectivity index (χ0v) is 20.4. The lowest BCUT2D eigenvalue weighted by Gasteiger charge is -2.44. The molecule has 0 saturated carbocycles. The minimum Gasteiger partial charge on any atom is -0.348 e. The van der Waals surface area contributed by atoms with E-state index in [1.54, 1.807) is 0 Å². The van der Waals surface area contributed by atoms with Gasteiger partial charge < -0.3 is 23.5 Å². The van der Waals surface area contributed by atoms with E-state index in [2.05, 4.69) is 5.32 Å². The van der Waals surface area contributed by atoms with E-state index in [4.69, 9.17) is 23.5 Å². The molecule has 0 bridgehead atoms. The maximum Gasteiger partial charge on any atom is 0.251 e. The van der Waals surface area contributed by atoms with Crippen molar-refractivity contribution in [1.29, 1.82) is 0 Å². The van der Waals surface area contributed by atoms with Crippen molar-refractivity contribution in [2.75, 3.05) is 6.61 Å². The van der Waals surface area contributed by atoms with Crippen LogP contribution in [0.5, 0.6) is 0 Å². The second kappa shape index (κ2) is 8.58. The van der Waals surface area contributed by atoms with E-state index in [9.17, 15) is 4.57 Å². The predicted molar refractivity (Wildman–Crippen MR) is 124 cm³/mol. The van der Waals surface area contributed by atoms with Crippen LogP contribution < -0.4 is 10.6 Å². The quantitative estimate of drug-likeness (QED) is 0.663. The summed E-state index contributed by atoms with van der Waals surface area (Å²) in [4.78, 5) is 0. The highest BCUT2D eigenvalue weighted by Crippen LogP contribution is 2.60. The molecule has 0 aliphatic carbocycles. The molecule has 3 aliphatic heterocycles. The van der Waals surface area contributed by atoms with Gasteiger partial charge >= 0.3 is 0 Å². The molecule has 0 radical (unpaired) electrons. The lowest BCUT2D eigenvalue weighted by Crippen LogP contribution is -2.58. The predicted octanol–water partition coefficient (Wildman–Crippen LogP) is 3.78. The Morgan fingerprint density at radius 2 is 1.48 bits per heavy atom. The molecule has 3 saturated heterocycles. The van der Waals surface area contributed by atoms with Gasteiger partial charge in [-0.2, -0.15) is 0 Å². The molecule has 3 heterocycles. The molecular weight excluding hydrogens is 441 g/mol. The second-order valence-electron chi connectivity index (χ2n) is 9.75. The Kier molecular flexibility index (Phi) is 6.03. The first-order valence-corrected chi connectivity index (χ1v) is 13.1. The highest BCUT2D eigenvalue weighted by Gasteiger charge is 2.62. The van der Waals surface area contributed by atoms with Gasteiger partial charge in [0, 0.05) is 11.8 Å². The van der Waals surface area contributed by atoms with Gasteiger partial charge in [-0.1, -0.05) is 48.5 Å². The molecule has 0 spiro atoms. The standard InChI is InChI=1S/C25H32NO6P/c1-24(2)28-16-19(29-24)20-21-22(31-25(3,4)30-21)23(26-15-17-11-7-5-8-12-17)33(27,32-20)18-13-9-6-10-14-18/h5-14,19-23,26H,15-16H2,1-4H3/t19-,20?,21+,22+,23+,33+/m1/s1. The lowest BCUT2D eigenvalue weighted by atomic mass is 10.0. The summed E-state index contributed by atoms with van der Waals surface area (Å²) in [6.45, 7) is 8.34. The van der Waals surface area contributed by atoms with Crippen molar-refractivity contribution in [2.45, 2.75) is 76.0 Å². The smallest absolute Gasteiger partial charge is 0.251 e. The third-order valence-corrected chi connectivity index (χ3v) is 9.10. The average Bonchev–Trinajstić information content (AvgIpc) is 3.31. The number of fused-ring (bicyclic) bond motifs is 1. The Morgan fingerprint density at radius 1 is 0.848 bits per heavy atom. The first kappa shape index (κ1) is 23.2. The van der Waals surface area contributed by atoms with E-state index in [0.29, 0.717) is 18.5 Å². The normalized spacial score (nSPS) is 37.0. The summed E-state index contributed by atoms with van der Waals surface area (Å²) >= 11 is 0. The molecule has 2 aromatic rings. The fourth-order valence-electron chi connectivity index (χ4n) is 4.88. The van der Waals surface area contributed by atoms with E-state index in [1.807, 2.05) is 88.4 Å². The van der Waals surface area contributed by atoms with Gasteiger partial charge in [0.1, 0.15) is 30.2 Å². The average molecular weight is 474 g/mol. The van der Waals surface area contributed by atoms with Crippen LogP contribution in [0.1, 0.15) is 33.3 Å². The summed E-state index contributed by atoms with van der Waals surface area (Å²) in [7, 11) is -3.44. The molecule has 0 amide bonds. The number of ether oxygens (including phenoxy) is 4. The van der Waals surface area contributed by atoms with Crippen molar-refractivity contribution < 1.29 is 28.0 Å². The van der Waals surface area contributed by atoms with Gasteiger partial charge in [0.15, 0.2) is 11.6 Å². The third kappa shape index (κ3) is 4.56. The summed E-state index contributed by atoms with van der Waals surface area (Å²) in [6, 6.07) is 19.4. The van der Waals surface area contributed by atoms with Gasteiger partial charge in [-0.15, -0.1) is 0 Å². The zero-order chi connectivity index (χ0) is 23.3. The topological polar surface area (TPSA) is 75.3 Å². The van der Waals surface area contributed by atoms with E-state index >= 15 is 0 Å². The number of hydrogen-bond donors (Lipinski definition) is 1. The number of hydrogen-bond acceptors (Lipinski definition) is 7. The molecule has 33 heavy (non-hydrogen) atoms. The summed E-state index contributed by atoms with van der Waals surface area (Å²) in [6.07, 6.45) is -1.96. The van der Waals surface area contributed by atoms with E-state index in [0.717, 1.165) is 5.56 Å². The van der Waals surface area contributed by atoms with E-state index < -0.39 is 49.1 Å². The summed E-state index contributed by atoms with van der Waals surface area (Å²) in [5, 5.41) is 4.14. The maximum absolute atomic E-state index is 14.8. The van der Waals surface area contributed by atoms with Crippen molar-refractivity contribution in [3.05, 3.63) is 66.2 Å². The van der Waals surface area contributed by atoms with Crippen LogP contribution in [-0.2, 0) is 34.6 Å². The maximum atomic E-state index is 14.8. The minimum absolute atomic E-state index is 0.335. The molecule has 3 aliphatic rings. The van der Waals surface area contributed by atoms with Crippen LogP contribution in [0.2, 0.25) is 0 Å².